The van der Waals surface area contributed by atoms with Crippen LogP contribution in [0.15, 0.2) is 36.5 Å². The number of aliphatic hydroxyl groups excluding tert-OH is 7. The van der Waals surface area contributed by atoms with Gasteiger partial charge in [-0.25, -0.2) is 9.13 Å². The van der Waals surface area contributed by atoms with E-state index in [-0.39, 0.29) is 32.1 Å². The molecule has 21 heteroatoms. The Morgan fingerprint density at radius 2 is 1.40 bits per heavy atom. The van der Waals surface area contributed by atoms with Gasteiger partial charge in [-0.15, -0.1) is 0 Å². The molecule has 10 N–H and O–H groups in total. The van der Waals surface area contributed by atoms with Gasteiger partial charge in [-0.3, -0.25) is 23.2 Å². The summed E-state index contributed by atoms with van der Waals surface area (Å²) in [7, 11) is -11.5. The Morgan fingerprint density at radius 3 is 2.03 bits per heavy atom. The summed E-state index contributed by atoms with van der Waals surface area (Å²) >= 11 is 0. The molecule has 19 nitrogen and oxygen atoms in total. The highest BCUT2D eigenvalue weighted by Gasteiger charge is 2.51. The van der Waals surface area contributed by atoms with Crippen LogP contribution in [0.5, 0.6) is 0 Å². The molecule has 2 rings (SSSR count). The van der Waals surface area contributed by atoms with Crippen LogP contribution in [0.3, 0.4) is 0 Å². The summed E-state index contributed by atoms with van der Waals surface area (Å²) < 4.78 is 52.3. The first kappa shape index (κ1) is 64.2. The maximum atomic E-state index is 13.8. The van der Waals surface area contributed by atoms with Gasteiger partial charge in [0.05, 0.1) is 37.1 Å². The van der Waals surface area contributed by atoms with E-state index in [1.165, 1.54) is 50.7 Å². The first-order valence-electron chi connectivity index (χ1n) is 25.8. The molecule has 0 amide bonds. The van der Waals surface area contributed by atoms with Gasteiger partial charge in [0.1, 0.15) is 31.0 Å². The van der Waals surface area contributed by atoms with E-state index in [1.807, 2.05) is 6.92 Å². The zero-order valence-corrected chi connectivity index (χ0v) is 43.3. The summed E-state index contributed by atoms with van der Waals surface area (Å²) in [6.07, 6.45) is 7.30. The normalized spacial score (nSPS) is 31.4. The largest absolute Gasteiger partial charge is 0.472 e. The van der Waals surface area contributed by atoms with Gasteiger partial charge in [-0.2, -0.15) is 0 Å². The minimum Gasteiger partial charge on any atom is -0.462 e. The van der Waals surface area contributed by atoms with E-state index in [4.69, 9.17) is 23.0 Å². The lowest BCUT2D eigenvalue weighted by atomic mass is 9.83. The van der Waals surface area contributed by atoms with Crippen molar-refractivity contribution in [2.75, 3.05) is 13.2 Å². The van der Waals surface area contributed by atoms with Crippen LogP contribution < -0.4 is 0 Å². The summed E-state index contributed by atoms with van der Waals surface area (Å²) in [6, 6.07) is 0. The molecule has 1 saturated carbocycles. The molecule has 2 aliphatic rings. The molecule has 1 fully saturated rings. The summed E-state index contributed by atoms with van der Waals surface area (Å²) in [5.74, 6) is -4.53. The van der Waals surface area contributed by atoms with Crippen LogP contribution in [0.25, 0.3) is 0 Å². The van der Waals surface area contributed by atoms with Gasteiger partial charge in [-0.05, 0) is 57.8 Å². The summed E-state index contributed by atoms with van der Waals surface area (Å²) in [6.45, 7) is 2.58. The average Bonchev–Trinajstić information content (AvgIpc) is 3.30. The van der Waals surface area contributed by atoms with Crippen LogP contribution in [0.4, 0.5) is 0 Å². The van der Waals surface area contributed by atoms with E-state index in [1.54, 1.807) is 6.08 Å². The van der Waals surface area contributed by atoms with Crippen LogP contribution in [0, 0.1) is 11.8 Å². The zero-order chi connectivity index (χ0) is 52.0. The van der Waals surface area contributed by atoms with E-state index < -0.39 is 120 Å². The number of carbonyl (C=O) groups excluding carboxylic acids is 2. The molecule has 0 aromatic carbocycles. The molecule has 0 spiro atoms. The van der Waals surface area contributed by atoms with Crippen molar-refractivity contribution in [3.05, 3.63) is 36.5 Å². The monoisotopic (exact) mass is 1040 g/mol. The van der Waals surface area contributed by atoms with Crippen LogP contribution in [-0.4, -0.2) is 137 Å². The highest BCUT2D eigenvalue weighted by molar-refractivity contribution is 7.47. The molecule has 0 aromatic rings. The average molecular weight is 1040 g/mol. The Morgan fingerprint density at radius 1 is 0.800 bits per heavy atom. The predicted molar refractivity (Wildman–Crippen MR) is 262 cm³/mol. The molecule has 1 aliphatic heterocycles. The highest BCUT2D eigenvalue weighted by atomic mass is 31.2. The van der Waals surface area contributed by atoms with Crippen LogP contribution in [0.2, 0.25) is 0 Å². The fraction of sp³-hybridized carbons (Fsp3) is 0.837. The second kappa shape index (κ2) is 36.1. The summed E-state index contributed by atoms with van der Waals surface area (Å²) in [4.78, 5) is 56.8. The van der Waals surface area contributed by atoms with Crippen LogP contribution >= 0.6 is 15.6 Å². The van der Waals surface area contributed by atoms with Crippen molar-refractivity contribution in [2.45, 2.75) is 235 Å². The van der Waals surface area contributed by atoms with Crippen LogP contribution in [0.1, 0.15) is 174 Å². The van der Waals surface area contributed by atoms with Crippen molar-refractivity contribution >= 4 is 27.6 Å². The van der Waals surface area contributed by atoms with Gasteiger partial charge < -0.3 is 59.9 Å². The lowest BCUT2D eigenvalue weighted by Gasteiger charge is -2.38. The number of fused-ring (bicyclic) bond motifs is 4. The number of aliphatic hydroxyl groups is 7. The number of allylic oxidation sites excluding steroid dienone is 4. The fourth-order valence-corrected chi connectivity index (χ4v) is 10.1. The molecule has 1 aliphatic carbocycles. The number of hydrogen-bond acceptors (Lipinski definition) is 16. The summed E-state index contributed by atoms with van der Waals surface area (Å²) in [5.41, 5.74) is 0. The third-order valence-electron chi connectivity index (χ3n) is 12.7. The summed E-state index contributed by atoms with van der Waals surface area (Å²) in [5, 5.41) is 79.9. The van der Waals surface area contributed by atoms with Crippen LogP contribution in [-0.2, 0) is 41.8 Å². The molecule has 0 saturated heterocycles. The number of esters is 2. The Labute approximate surface area is 415 Å². The lowest BCUT2D eigenvalue weighted by molar-refractivity contribution is -0.165. The number of cyclic esters (lactones) is 1. The Kier molecular flexibility index (Phi) is 33.1. The van der Waals surface area contributed by atoms with E-state index in [0.717, 1.165) is 70.3 Å². The fourth-order valence-electron chi connectivity index (χ4n) is 8.60. The number of rotatable bonds is 26. The third-order valence-corrected chi connectivity index (χ3v) is 14.2. The molecule has 1 unspecified atom stereocenters. The number of hydrogen-bond donors (Lipinski definition) is 10. The molecule has 13 atom stereocenters. The molecule has 1 heterocycles. The number of phosphoric ester groups is 2. The van der Waals surface area contributed by atoms with Gasteiger partial charge in [0, 0.05) is 31.1 Å². The Hall–Kier alpha value is -1.90. The number of ether oxygens (including phenoxy) is 2. The van der Waals surface area contributed by atoms with E-state index in [2.05, 4.69) is 19.1 Å². The molecule has 0 radical (unpaired) electrons. The van der Waals surface area contributed by atoms with Crippen molar-refractivity contribution in [3.8, 4) is 0 Å². The maximum Gasteiger partial charge on any atom is 0.472 e. The Bertz CT molecular complexity index is 1610. The van der Waals surface area contributed by atoms with Crippen molar-refractivity contribution in [2.24, 2.45) is 11.8 Å². The van der Waals surface area contributed by atoms with E-state index in [9.17, 15) is 69.1 Å². The SMILES string of the molecule is CCCCCCCC/C=C\CCCCCCCCCC(=O)O[C@@H]1COC(=O)CCC/C=C/C[C@@H]2[C@@H](O)[C@H](O)[C@@H](O)[C@H](OP(=O)(O)OC1)[C@H](OP(=O)(O)O)[C@H](O)[C@@H](/C=C/[C@@H](O)CCCCC)[C@H](O)C[C@@H]2O. The van der Waals surface area contributed by atoms with Gasteiger partial charge in [0.2, 0.25) is 0 Å². The van der Waals surface area contributed by atoms with Crippen molar-refractivity contribution < 1.29 is 92.2 Å². The van der Waals surface area contributed by atoms with Gasteiger partial charge in [0.15, 0.2) is 6.10 Å². The number of carbonyl (C=O) groups is 2. The number of unbranched alkanes of at least 4 members (excludes halogenated alkanes) is 15. The number of phosphoric acid groups is 2. The molecule has 408 valence electrons. The van der Waals surface area contributed by atoms with Crippen molar-refractivity contribution in [3.63, 3.8) is 0 Å². The van der Waals surface area contributed by atoms with Gasteiger partial charge in [0.25, 0.3) is 0 Å². The second-order valence-corrected chi connectivity index (χ2v) is 21.5. The molecular formula is C49H88O19P2. The van der Waals surface area contributed by atoms with E-state index in [0.29, 0.717) is 19.3 Å². The maximum absolute atomic E-state index is 13.8. The first-order chi connectivity index (χ1) is 33.3. The zero-order valence-electron chi connectivity index (χ0n) is 41.5. The molecule has 2 bridgehead atoms. The van der Waals surface area contributed by atoms with E-state index >= 15 is 0 Å². The highest BCUT2D eigenvalue weighted by Crippen LogP contribution is 2.50. The molecule has 70 heavy (non-hydrogen) atoms. The van der Waals surface area contributed by atoms with Crippen molar-refractivity contribution in [1.82, 2.24) is 0 Å². The standard InChI is InChI=1S/C49H88O19P2/c1-3-5-7-8-9-10-11-12-13-14-15-16-17-18-19-20-26-30-43(54)66-37-34-64-42(53)29-25-22-21-24-28-38-40(51)33-41(52)39(32-31-36(50)27-23-6-4-2)45(56)48(67-69(59,60)61)49(47(58)46(57)44(38)55)68-70(62,63)65-35-37/h12-13,21,24,31-32,36-41,44-52,55-58H,3-11,14-20,22-23,25-30,33-35H2,1-2H3,(H,62,63)(H2,59,60,61)/b13-12-,24-21+,32-31+/t36-,37+,38-,39-,40-,41+,44+,45+,46-,47+,48+,49-/m0/s1. The second-order valence-electron chi connectivity index (χ2n) is 18.9. The van der Waals surface area contributed by atoms with Crippen molar-refractivity contribution in [1.29, 1.82) is 0 Å². The Balaban J connectivity index is 2.28. The molecular weight excluding hydrogens is 954 g/mol. The minimum absolute atomic E-state index is 0.0336. The molecule has 0 aromatic heterocycles. The predicted octanol–water partition coefficient (Wildman–Crippen LogP) is 6.67. The van der Waals surface area contributed by atoms with Gasteiger partial charge in [-0.1, -0.05) is 134 Å². The quantitative estimate of drug-likeness (QED) is 0.0187. The topological polar surface area (TPSA) is 317 Å². The first-order valence-corrected chi connectivity index (χ1v) is 28.8. The lowest BCUT2D eigenvalue weighted by Crippen LogP contribution is -2.56. The smallest absolute Gasteiger partial charge is 0.462 e. The van der Waals surface area contributed by atoms with Gasteiger partial charge >= 0.3 is 27.6 Å². The minimum atomic E-state index is -5.77. The third kappa shape index (κ3) is 27.4.